The SMILES string of the molecule is CC(C)C[C@@H]1NC(=O)[C@@H](Cc2ccccc2)NC(=O)[C@H](CCNC(=O)OC(C)(C)C)NC(=O)[C@@H](NC(=O)[C@H](CCNC(=O)OC(C)(C)C)NC(=O)[C@@H](NC(=O)[C@@H](O)CCN)C(C)O)CCNC(=O)[C@H](C(C)O)NC(=O)[C@H](CCNC(=O)OC(C)(C)C)NC(=O)[C@H](CCNC(=O)OC(C)(C)C)NC1=O. The van der Waals surface area contributed by atoms with Crippen LogP contribution in [0.5, 0.6) is 0 Å². The molecule has 0 radical (unpaired) electrons. The van der Waals surface area contributed by atoms with Crippen LogP contribution >= 0.6 is 0 Å². The molecule has 36 nitrogen and oxygen atoms in total. The molecule has 1 heterocycles. The number of nitrogens with two attached hydrogens (primary N) is 1. The van der Waals surface area contributed by atoms with E-state index in [-0.39, 0.29) is 44.8 Å². The number of ether oxygens (including phenoxy) is 4. The number of benzene rings is 1. The summed E-state index contributed by atoms with van der Waals surface area (Å²) in [5.41, 5.74) is 2.04. The van der Waals surface area contributed by atoms with Crippen molar-refractivity contribution in [1.29, 1.82) is 0 Å². The molecule has 0 aliphatic carbocycles. The quantitative estimate of drug-likeness (QED) is 0.0459. The second kappa shape index (κ2) is 42.4. The summed E-state index contributed by atoms with van der Waals surface area (Å²) in [6, 6.07) is -7.45. The molecule has 1 aliphatic rings. The number of aliphatic hydroxyl groups is 3. The van der Waals surface area contributed by atoms with Crippen LogP contribution in [0.25, 0.3) is 0 Å². The molecule has 1 saturated heterocycles. The van der Waals surface area contributed by atoms with Gasteiger partial charge in [0, 0.05) is 39.1 Å². The predicted octanol–water partition coefficient (Wildman–Crippen LogP) is -1.71. The van der Waals surface area contributed by atoms with Gasteiger partial charge in [0.1, 0.15) is 82.9 Å². The fourth-order valence-corrected chi connectivity index (χ4v) is 9.58. The molecular weight excluding hydrogens is 1350 g/mol. The number of amides is 14. The Morgan fingerprint density at radius 2 is 0.893 bits per heavy atom. The molecule has 36 heteroatoms. The van der Waals surface area contributed by atoms with Crippen LogP contribution in [0, 0.1) is 5.92 Å². The maximum absolute atomic E-state index is 15.1. The molecule has 0 spiro atoms. The van der Waals surface area contributed by atoms with Gasteiger partial charge >= 0.3 is 24.4 Å². The molecule has 1 aromatic carbocycles. The smallest absolute Gasteiger partial charge is 0.407 e. The molecule has 103 heavy (non-hydrogen) atoms. The van der Waals surface area contributed by atoms with Crippen molar-refractivity contribution in [2.45, 2.75) is 257 Å². The molecule has 1 aromatic rings. The first-order valence-electron chi connectivity index (χ1n) is 34.3. The van der Waals surface area contributed by atoms with Crippen LogP contribution in [0.1, 0.15) is 161 Å². The minimum absolute atomic E-state index is 0.109. The number of carbonyl (C=O) groups is 14. The third kappa shape index (κ3) is 37.0. The highest BCUT2D eigenvalue weighted by Gasteiger charge is 2.39. The average molecular weight is 1460 g/mol. The minimum Gasteiger partial charge on any atom is -0.444 e. The van der Waals surface area contributed by atoms with Gasteiger partial charge in [0.05, 0.1) is 12.2 Å². The van der Waals surface area contributed by atoms with Crippen LogP contribution in [-0.4, -0.2) is 233 Å². The number of hydrogen-bond donors (Lipinski definition) is 18. The number of carbonyl (C=O) groups excluding carboxylic acids is 14. The normalized spacial score (nSPS) is 21.0. The molecule has 582 valence electrons. The van der Waals surface area contributed by atoms with Crippen molar-refractivity contribution in [1.82, 2.24) is 74.4 Å². The van der Waals surface area contributed by atoms with Gasteiger partial charge in [-0.05, 0) is 160 Å². The summed E-state index contributed by atoms with van der Waals surface area (Å²) in [5.74, 6) is -11.5. The summed E-state index contributed by atoms with van der Waals surface area (Å²) >= 11 is 0. The molecule has 14 amide bonds. The Hall–Kier alpha value is -9.16. The highest BCUT2D eigenvalue weighted by Crippen LogP contribution is 2.15. The van der Waals surface area contributed by atoms with Crippen molar-refractivity contribution in [3.63, 3.8) is 0 Å². The lowest BCUT2D eigenvalue weighted by Gasteiger charge is -2.29. The Balaban J connectivity index is 3.09. The highest BCUT2D eigenvalue weighted by atomic mass is 16.6. The van der Waals surface area contributed by atoms with E-state index in [0.717, 1.165) is 13.8 Å². The number of alkyl carbamates (subject to hydrolysis) is 4. The number of rotatable bonds is 26. The molecule has 2 rings (SSSR count). The summed E-state index contributed by atoms with van der Waals surface area (Å²) in [4.78, 5) is 197. The minimum atomic E-state index is -1.90. The third-order valence-electron chi connectivity index (χ3n) is 14.4. The third-order valence-corrected chi connectivity index (χ3v) is 14.4. The van der Waals surface area contributed by atoms with E-state index < -0.39 is 230 Å². The molecule has 19 N–H and O–H groups in total. The van der Waals surface area contributed by atoms with Crippen molar-refractivity contribution in [2.75, 3.05) is 39.3 Å². The van der Waals surface area contributed by atoms with Crippen LogP contribution in [0.15, 0.2) is 30.3 Å². The van der Waals surface area contributed by atoms with E-state index in [9.17, 15) is 72.9 Å². The molecule has 1 aliphatic heterocycles. The Bertz CT molecular complexity index is 3020. The van der Waals surface area contributed by atoms with E-state index in [0.29, 0.717) is 5.56 Å². The lowest BCUT2D eigenvalue weighted by molar-refractivity contribution is -0.138. The van der Waals surface area contributed by atoms with E-state index in [1.807, 2.05) is 0 Å². The largest absolute Gasteiger partial charge is 0.444 e. The van der Waals surface area contributed by atoms with Gasteiger partial charge in [-0.2, -0.15) is 0 Å². The van der Waals surface area contributed by atoms with Gasteiger partial charge in [-0.3, -0.25) is 47.9 Å². The molecule has 2 unspecified atom stereocenters. The summed E-state index contributed by atoms with van der Waals surface area (Å²) in [6.45, 7) is 22.4. The summed E-state index contributed by atoms with van der Waals surface area (Å²) in [5, 5.41) is 67.2. The van der Waals surface area contributed by atoms with Crippen LogP contribution in [0.4, 0.5) is 19.2 Å². The van der Waals surface area contributed by atoms with Gasteiger partial charge in [-0.25, -0.2) is 19.2 Å². The van der Waals surface area contributed by atoms with Crippen LogP contribution in [0.3, 0.4) is 0 Å². The van der Waals surface area contributed by atoms with Crippen molar-refractivity contribution in [2.24, 2.45) is 11.7 Å². The standard InChI is InChI=1S/C67H113N15O21/c1-36(2)34-45-55(91)77-41(24-30-70-60(96)100-64(5,6)7)51(87)76-44(27-33-73-63(99)103-67(14,15)16)54(90)81-48(37(3)83)58(94)69-29-23-40(74-52(88)43(26-32-72-62(98)102-66(11,12)13)78-59(95)49(38(4)84)82-57(93)47(85)22-28-68)50(86)75-42(25-31-71-61(97)101-65(8,9)10)53(89)80-46(56(92)79-45)35-39-20-18-17-19-21-39/h17-21,36-38,40-49,83-85H,22-35,68H2,1-16H3,(H,69,94)(H,70,96)(H,71,97)(H,72,98)(H,73,99)(H,74,88)(H,75,86)(H,76,87)(H,77,91)(H,78,95)(H,79,92)(H,80,89)(H,81,90)(H,82,93)/t37?,38?,40-,41-,42-,43-,44-,45-,46+,47-,48-,49-/m0/s1. The van der Waals surface area contributed by atoms with E-state index in [1.165, 1.54) is 0 Å². The topological polar surface area (TPSA) is 531 Å². The van der Waals surface area contributed by atoms with Crippen LogP contribution in [-0.2, 0) is 73.3 Å². The summed E-state index contributed by atoms with van der Waals surface area (Å²) in [7, 11) is 0. The Kier molecular flexibility index (Phi) is 37.0. The fraction of sp³-hybridized carbons (Fsp3) is 0.701. The van der Waals surface area contributed by atoms with Gasteiger partial charge in [-0.15, -0.1) is 0 Å². The lowest BCUT2D eigenvalue weighted by atomic mass is 10.00. The first-order chi connectivity index (χ1) is 47.7. The first kappa shape index (κ1) is 89.9. The van der Waals surface area contributed by atoms with E-state index in [2.05, 4.69) is 74.4 Å². The Morgan fingerprint density at radius 3 is 1.31 bits per heavy atom. The zero-order valence-corrected chi connectivity index (χ0v) is 62.1. The monoisotopic (exact) mass is 1460 g/mol. The van der Waals surface area contributed by atoms with Crippen LogP contribution in [0.2, 0.25) is 0 Å². The predicted molar refractivity (Wildman–Crippen MR) is 373 cm³/mol. The van der Waals surface area contributed by atoms with E-state index in [1.54, 1.807) is 127 Å². The van der Waals surface area contributed by atoms with Crippen molar-refractivity contribution < 1.29 is 101 Å². The summed E-state index contributed by atoms with van der Waals surface area (Å²) in [6.07, 6.45) is -12.0. The molecule has 12 atom stereocenters. The highest BCUT2D eigenvalue weighted by molar-refractivity contribution is 5.99. The van der Waals surface area contributed by atoms with Gasteiger partial charge in [-0.1, -0.05) is 44.2 Å². The second-order valence-corrected chi connectivity index (χ2v) is 29.2. The van der Waals surface area contributed by atoms with E-state index in [4.69, 9.17) is 24.7 Å². The zero-order chi connectivity index (χ0) is 78.3. The zero-order valence-electron chi connectivity index (χ0n) is 62.1. The van der Waals surface area contributed by atoms with Gasteiger partial charge in [0.25, 0.3) is 0 Å². The average Bonchev–Trinajstić information content (AvgIpc) is 1.16. The lowest BCUT2D eigenvalue weighted by Crippen LogP contribution is -2.61. The van der Waals surface area contributed by atoms with Gasteiger partial charge in [0.15, 0.2) is 0 Å². The van der Waals surface area contributed by atoms with Gasteiger partial charge in [0.2, 0.25) is 59.1 Å². The molecular formula is C67H113N15O21. The van der Waals surface area contributed by atoms with E-state index >= 15 is 9.59 Å². The molecule has 0 aromatic heterocycles. The maximum atomic E-state index is 15.1. The fourth-order valence-electron chi connectivity index (χ4n) is 9.58. The van der Waals surface area contributed by atoms with Crippen molar-refractivity contribution in [3.05, 3.63) is 35.9 Å². The first-order valence-corrected chi connectivity index (χ1v) is 34.3. The van der Waals surface area contributed by atoms with Crippen molar-refractivity contribution >= 4 is 83.4 Å². The number of hydrogen-bond acceptors (Lipinski definition) is 22. The second-order valence-electron chi connectivity index (χ2n) is 29.2. The van der Waals surface area contributed by atoms with Crippen LogP contribution < -0.4 is 80.2 Å². The van der Waals surface area contributed by atoms with Gasteiger partial charge < -0.3 is 114 Å². The molecule has 0 bridgehead atoms. The molecule has 1 fully saturated rings. The van der Waals surface area contributed by atoms with Crippen molar-refractivity contribution in [3.8, 4) is 0 Å². The number of nitrogens with one attached hydrogen (secondary N) is 14. The Morgan fingerprint density at radius 1 is 0.495 bits per heavy atom. The molecule has 0 saturated carbocycles. The Labute approximate surface area is 601 Å². The summed E-state index contributed by atoms with van der Waals surface area (Å²) < 4.78 is 21.4. The maximum Gasteiger partial charge on any atom is 0.407 e. The number of aliphatic hydroxyl groups excluding tert-OH is 3.